The second-order valence-corrected chi connectivity index (χ2v) is 7.42. The van der Waals surface area contributed by atoms with Gasteiger partial charge < -0.3 is 25.0 Å². The van der Waals surface area contributed by atoms with E-state index in [0.717, 1.165) is 64.9 Å². The average Bonchev–Trinajstić information content (AvgIpc) is 3.29. The highest BCUT2D eigenvalue weighted by atomic mass is 16.5. The molecule has 2 saturated heterocycles. The Morgan fingerprint density at radius 3 is 2.88 bits per heavy atom. The molecule has 2 atom stereocenters. The summed E-state index contributed by atoms with van der Waals surface area (Å²) in [7, 11) is 0. The van der Waals surface area contributed by atoms with Crippen molar-refractivity contribution in [1.29, 1.82) is 0 Å². The van der Waals surface area contributed by atoms with Crippen molar-refractivity contribution in [3.63, 3.8) is 0 Å². The van der Waals surface area contributed by atoms with E-state index < -0.39 is 0 Å². The molecule has 0 aliphatic carbocycles. The Morgan fingerprint density at radius 2 is 2.16 bits per heavy atom. The molecule has 0 spiro atoms. The molecule has 0 aromatic heterocycles. The maximum atomic E-state index is 5.75. The van der Waals surface area contributed by atoms with Crippen molar-refractivity contribution in [1.82, 2.24) is 15.5 Å². The Labute approximate surface area is 153 Å². The number of nitrogens with zero attached hydrogens (tertiary/aromatic N) is 2. The van der Waals surface area contributed by atoms with Gasteiger partial charge in [-0.1, -0.05) is 6.92 Å². The lowest BCUT2D eigenvalue weighted by Gasteiger charge is -2.19. The molecule has 0 aromatic carbocycles. The van der Waals surface area contributed by atoms with Crippen LogP contribution < -0.4 is 10.6 Å². The van der Waals surface area contributed by atoms with E-state index in [1.165, 1.54) is 32.5 Å². The Hall–Kier alpha value is -0.850. The molecule has 2 rings (SSSR count). The summed E-state index contributed by atoms with van der Waals surface area (Å²) in [5.41, 5.74) is 0. The molecule has 0 bridgehead atoms. The van der Waals surface area contributed by atoms with E-state index >= 15 is 0 Å². The number of guanidine groups is 1. The van der Waals surface area contributed by atoms with Gasteiger partial charge in [0.1, 0.15) is 0 Å². The van der Waals surface area contributed by atoms with Crippen LogP contribution in [0.5, 0.6) is 0 Å². The molecule has 0 amide bonds. The highest BCUT2D eigenvalue weighted by molar-refractivity contribution is 5.79. The van der Waals surface area contributed by atoms with Gasteiger partial charge in [-0.25, -0.2) is 0 Å². The maximum Gasteiger partial charge on any atom is 0.191 e. The van der Waals surface area contributed by atoms with Crippen LogP contribution in [0, 0.1) is 11.8 Å². The number of hydrogen-bond donors (Lipinski definition) is 2. The van der Waals surface area contributed by atoms with E-state index in [2.05, 4.69) is 29.4 Å². The van der Waals surface area contributed by atoms with Crippen LogP contribution in [0.4, 0.5) is 0 Å². The van der Waals surface area contributed by atoms with Crippen LogP contribution in [-0.2, 0) is 9.47 Å². The quantitative estimate of drug-likeness (QED) is 0.336. The number of ether oxygens (including phenoxy) is 2. The monoisotopic (exact) mass is 354 g/mol. The first-order chi connectivity index (χ1) is 12.3. The Kier molecular flexibility index (Phi) is 10.2. The summed E-state index contributed by atoms with van der Waals surface area (Å²) in [5, 5.41) is 6.75. The van der Waals surface area contributed by atoms with Crippen LogP contribution in [0.3, 0.4) is 0 Å². The molecule has 0 aromatic rings. The summed E-state index contributed by atoms with van der Waals surface area (Å²) in [6.45, 7) is 14.2. The summed E-state index contributed by atoms with van der Waals surface area (Å²) >= 11 is 0. The minimum atomic E-state index is 0.601. The average molecular weight is 355 g/mol. The summed E-state index contributed by atoms with van der Waals surface area (Å²) in [4.78, 5) is 7.31. The number of aliphatic imine (C=N–C) groups is 1. The Bertz CT molecular complexity index is 366. The van der Waals surface area contributed by atoms with Crippen molar-refractivity contribution in [3.8, 4) is 0 Å². The lowest BCUT2D eigenvalue weighted by atomic mass is 10.1. The fourth-order valence-electron chi connectivity index (χ4n) is 3.40. The van der Waals surface area contributed by atoms with Crippen LogP contribution in [0.1, 0.15) is 39.5 Å². The van der Waals surface area contributed by atoms with Gasteiger partial charge in [0.15, 0.2) is 5.96 Å². The molecule has 2 aliphatic heterocycles. The summed E-state index contributed by atoms with van der Waals surface area (Å²) in [6, 6.07) is 0. The zero-order valence-corrected chi connectivity index (χ0v) is 16.3. The second kappa shape index (κ2) is 12.5. The third-order valence-corrected chi connectivity index (χ3v) is 4.81. The van der Waals surface area contributed by atoms with Crippen molar-refractivity contribution in [3.05, 3.63) is 0 Å². The van der Waals surface area contributed by atoms with Gasteiger partial charge in [-0.15, -0.1) is 0 Å². The molecule has 2 unspecified atom stereocenters. The topological polar surface area (TPSA) is 58.1 Å². The smallest absolute Gasteiger partial charge is 0.191 e. The molecule has 2 heterocycles. The van der Waals surface area contributed by atoms with Crippen LogP contribution in [0.2, 0.25) is 0 Å². The van der Waals surface area contributed by atoms with Gasteiger partial charge in [0.25, 0.3) is 0 Å². The minimum absolute atomic E-state index is 0.601. The third kappa shape index (κ3) is 8.88. The van der Waals surface area contributed by atoms with Gasteiger partial charge in [0, 0.05) is 45.3 Å². The van der Waals surface area contributed by atoms with Crippen molar-refractivity contribution in [2.24, 2.45) is 16.8 Å². The highest BCUT2D eigenvalue weighted by Gasteiger charge is 2.15. The molecule has 2 aliphatic rings. The van der Waals surface area contributed by atoms with E-state index in [1.54, 1.807) is 0 Å². The highest BCUT2D eigenvalue weighted by Crippen LogP contribution is 2.12. The lowest BCUT2D eigenvalue weighted by Crippen LogP contribution is -2.38. The van der Waals surface area contributed by atoms with Crippen LogP contribution in [-0.4, -0.2) is 76.6 Å². The first kappa shape index (κ1) is 20.5. The van der Waals surface area contributed by atoms with E-state index in [4.69, 9.17) is 14.5 Å². The van der Waals surface area contributed by atoms with Crippen molar-refractivity contribution in [2.75, 3.05) is 65.7 Å². The molecule has 0 radical (unpaired) electrons. The Balaban J connectivity index is 1.54. The van der Waals surface area contributed by atoms with E-state index in [9.17, 15) is 0 Å². The first-order valence-corrected chi connectivity index (χ1v) is 10.2. The van der Waals surface area contributed by atoms with Crippen molar-refractivity contribution in [2.45, 2.75) is 39.5 Å². The van der Waals surface area contributed by atoms with E-state index in [1.807, 2.05) is 0 Å². The van der Waals surface area contributed by atoms with Gasteiger partial charge in [-0.3, -0.25) is 4.99 Å². The van der Waals surface area contributed by atoms with E-state index in [0.29, 0.717) is 11.8 Å². The largest absolute Gasteiger partial charge is 0.381 e. The molecule has 0 saturated carbocycles. The van der Waals surface area contributed by atoms with Crippen LogP contribution in [0.15, 0.2) is 4.99 Å². The Morgan fingerprint density at radius 1 is 1.32 bits per heavy atom. The maximum absolute atomic E-state index is 5.75. The molecule has 2 fully saturated rings. The number of likely N-dealkylation sites (tertiary alicyclic amines) is 1. The van der Waals surface area contributed by atoms with E-state index in [-0.39, 0.29) is 0 Å². The van der Waals surface area contributed by atoms with Gasteiger partial charge in [-0.2, -0.15) is 0 Å². The predicted octanol–water partition coefficient (Wildman–Crippen LogP) is 1.72. The number of hydrogen-bond acceptors (Lipinski definition) is 4. The fraction of sp³-hybridized carbons (Fsp3) is 0.947. The van der Waals surface area contributed by atoms with Crippen LogP contribution in [0.25, 0.3) is 0 Å². The van der Waals surface area contributed by atoms with Gasteiger partial charge in [-0.05, 0) is 51.6 Å². The fourth-order valence-corrected chi connectivity index (χ4v) is 3.40. The normalized spacial score (nSPS) is 23.1. The molecule has 6 nitrogen and oxygen atoms in total. The molecular weight excluding hydrogens is 316 g/mol. The summed E-state index contributed by atoms with van der Waals surface area (Å²) in [6.07, 6.45) is 4.86. The van der Waals surface area contributed by atoms with Gasteiger partial charge in [0.2, 0.25) is 0 Å². The van der Waals surface area contributed by atoms with Crippen LogP contribution >= 0.6 is 0 Å². The zero-order valence-electron chi connectivity index (χ0n) is 16.3. The molecule has 6 heteroatoms. The third-order valence-electron chi connectivity index (χ3n) is 4.81. The molecule has 25 heavy (non-hydrogen) atoms. The van der Waals surface area contributed by atoms with Gasteiger partial charge in [0.05, 0.1) is 13.2 Å². The number of nitrogens with one attached hydrogen (secondary N) is 2. The predicted molar refractivity (Wildman–Crippen MR) is 103 cm³/mol. The van der Waals surface area contributed by atoms with Crippen molar-refractivity contribution < 1.29 is 9.47 Å². The second-order valence-electron chi connectivity index (χ2n) is 7.42. The minimum Gasteiger partial charge on any atom is -0.381 e. The zero-order chi connectivity index (χ0) is 17.7. The molecule has 2 N–H and O–H groups in total. The number of rotatable bonds is 11. The summed E-state index contributed by atoms with van der Waals surface area (Å²) in [5.74, 6) is 2.13. The first-order valence-electron chi connectivity index (χ1n) is 10.2. The standard InChI is InChI=1S/C19H38N4O2/c1-3-20-19(22-13-17(2)14-23-9-4-5-10-23)21-8-6-11-24-15-18-7-12-25-16-18/h17-18H,3-16H2,1-2H3,(H2,20,21,22). The molecular formula is C19H38N4O2. The molecule has 146 valence electrons. The SMILES string of the molecule is CCNC(=NCC(C)CN1CCCC1)NCCCOCC1CCOC1. The summed E-state index contributed by atoms with van der Waals surface area (Å²) < 4.78 is 11.1. The van der Waals surface area contributed by atoms with Gasteiger partial charge >= 0.3 is 0 Å². The van der Waals surface area contributed by atoms with Crippen molar-refractivity contribution >= 4 is 5.96 Å². The lowest BCUT2D eigenvalue weighted by molar-refractivity contribution is 0.0888.